The fourth-order valence-corrected chi connectivity index (χ4v) is 2.48. The summed E-state index contributed by atoms with van der Waals surface area (Å²) >= 11 is 0. The second kappa shape index (κ2) is 8.68. The van der Waals surface area contributed by atoms with Crippen molar-refractivity contribution in [1.82, 2.24) is 5.32 Å². The van der Waals surface area contributed by atoms with Gasteiger partial charge in [-0.2, -0.15) is 0 Å². The number of aryl methyl sites for hydroxylation is 1. The first-order valence-electron chi connectivity index (χ1n) is 8.60. The van der Waals surface area contributed by atoms with E-state index in [0.717, 1.165) is 5.56 Å². The van der Waals surface area contributed by atoms with E-state index in [2.05, 4.69) is 16.0 Å². The van der Waals surface area contributed by atoms with Crippen molar-refractivity contribution in [2.75, 3.05) is 17.2 Å². The molecule has 1 aromatic heterocycles. The van der Waals surface area contributed by atoms with Gasteiger partial charge in [0.25, 0.3) is 11.8 Å². The van der Waals surface area contributed by atoms with Crippen molar-refractivity contribution in [3.05, 3.63) is 83.8 Å². The van der Waals surface area contributed by atoms with Crippen LogP contribution in [0.2, 0.25) is 0 Å². The molecule has 2 aromatic carbocycles. The molecular formula is C21H19N3O4. The lowest BCUT2D eigenvalue weighted by atomic mass is 10.1. The topological polar surface area (TPSA) is 100 Å². The summed E-state index contributed by atoms with van der Waals surface area (Å²) < 4.78 is 4.83. The van der Waals surface area contributed by atoms with Crippen LogP contribution in [0.1, 0.15) is 26.3 Å². The first-order valence-corrected chi connectivity index (χ1v) is 8.60. The maximum absolute atomic E-state index is 12.3. The smallest absolute Gasteiger partial charge is 0.255 e. The Hall–Kier alpha value is -3.87. The van der Waals surface area contributed by atoms with Crippen LogP contribution in [-0.2, 0) is 4.79 Å². The fourth-order valence-electron chi connectivity index (χ4n) is 2.48. The van der Waals surface area contributed by atoms with Crippen molar-refractivity contribution in [2.24, 2.45) is 0 Å². The van der Waals surface area contributed by atoms with Crippen LogP contribution < -0.4 is 16.0 Å². The molecule has 0 fully saturated rings. The molecule has 0 saturated heterocycles. The molecule has 28 heavy (non-hydrogen) atoms. The minimum atomic E-state index is -0.399. The zero-order valence-electron chi connectivity index (χ0n) is 15.2. The zero-order valence-corrected chi connectivity index (χ0v) is 15.2. The Kier molecular flexibility index (Phi) is 5.86. The molecule has 7 nitrogen and oxygen atoms in total. The van der Waals surface area contributed by atoms with Crippen molar-refractivity contribution in [2.45, 2.75) is 6.92 Å². The van der Waals surface area contributed by atoms with Crippen LogP contribution in [0.3, 0.4) is 0 Å². The molecule has 0 spiro atoms. The van der Waals surface area contributed by atoms with Crippen LogP contribution in [0.25, 0.3) is 0 Å². The Morgan fingerprint density at radius 3 is 2.39 bits per heavy atom. The van der Waals surface area contributed by atoms with E-state index in [0.29, 0.717) is 22.5 Å². The Morgan fingerprint density at radius 2 is 1.68 bits per heavy atom. The summed E-state index contributed by atoms with van der Waals surface area (Å²) in [5.41, 5.74) is 2.81. The Balaban J connectivity index is 1.60. The fraction of sp³-hybridized carbons (Fsp3) is 0.0952. The number of hydrogen-bond donors (Lipinski definition) is 3. The molecule has 7 heteroatoms. The summed E-state index contributed by atoms with van der Waals surface area (Å²) in [7, 11) is 0. The van der Waals surface area contributed by atoms with Gasteiger partial charge in [0.05, 0.1) is 18.4 Å². The molecule has 0 bridgehead atoms. The van der Waals surface area contributed by atoms with Gasteiger partial charge in [0.2, 0.25) is 5.91 Å². The van der Waals surface area contributed by atoms with E-state index in [-0.39, 0.29) is 18.4 Å². The molecule has 3 aromatic rings. The summed E-state index contributed by atoms with van der Waals surface area (Å²) in [6, 6.07) is 15.6. The second-order valence-corrected chi connectivity index (χ2v) is 6.09. The molecule has 0 aliphatic heterocycles. The quantitative estimate of drug-likeness (QED) is 0.614. The van der Waals surface area contributed by atoms with E-state index in [1.165, 1.54) is 18.6 Å². The molecular weight excluding hydrogens is 358 g/mol. The molecule has 1 heterocycles. The van der Waals surface area contributed by atoms with Crippen molar-refractivity contribution >= 4 is 29.1 Å². The highest BCUT2D eigenvalue weighted by molar-refractivity contribution is 6.05. The monoisotopic (exact) mass is 377 g/mol. The lowest BCUT2D eigenvalue weighted by Gasteiger charge is -2.12. The van der Waals surface area contributed by atoms with E-state index in [9.17, 15) is 14.4 Å². The van der Waals surface area contributed by atoms with Crippen molar-refractivity contribution in [3.63, 3.8) is 0 Å². The lowest BCUT2D eigenvalue weighted by molar-refractivity contribution is -0.115. The number of hydrogen-bond acceptors (Lipinski definition) is 4. The van der Waals surface area contributed by atoms with Gasteiger partial charge >= 0.3 is 0 Å². The van der Waals surface area contributed by atoms with Crippen molar-refractivity contribution in [3.8, 4) is 0 Å². The standard InChI is InChI=1S/C21H19N3O4/c1-14-7-8-17(23-21(27)15-5-3-2-4-6-15)11-18(14)24-19(25)12-22-20(26)16-9-10-28-13-16/h2-11,13H,12H2,1H3,(H,22,26)(H,23,27)(H,24,25). The van der Waals surface area contributed by atoms with Gasteiger partial charge in [-0.3, -0.25) is 14.4 Å². The van der Waals surface area contributed by atoms with E-state index < -0.39 is 5.91 Å². The SMILES string of the molecule is Cc1ccc(NC(=O)c2ccccc2)cc1NC(=O)CNC(=O)c1ccoc1. The van der Waals surface area contributed by atoms with Gasteiger partial charge in [0.1, 0.15) is 6.26 Å². The van der Waals surface area contributed by atoms with Crippen LogP contribution in [-0.4, -0.2) is 24.3 Å². The third-order valence-corrected chi connectivity index (χ3v) is 4.00. The Bertz CT molecular complexity index is 982. The number of nitrogens with one attached hydrogen (secondary N) is 3. The van der Waals surface area contributed by atoms with E-state index in [4.69, 9.17) is 4.42 Å². The van der Waals surface area contributed by atoms with Crippen molar-refractivity contribution in [1.29, 1.82) is 0 Å². The van der Waals surface area contributed by atoms with Crippen LogP contribution in [0.5, 0.6) is 0 Å². The normalized spacial score (nSPS) is 10.2. The summed E-state index contributed by atoms with van der Waals surface area (Å²) in [6.07, 6.45) is 2.68. The summed E-state index contributed by atoms with van der Waals surface area (Å²) in [5.74, 6) is -1.02. The number of anilines is 2. The van der Waals surface area contributed by atoms with E-state index in [1.807, 2.05) is 13.0 Å². The predicted molar refractivity (Wildman–Crippen MR) is 105 cm³/mol. The predicted octanol–water partition coefficient (Wildman–Crippen LogP) is 3.21. The molecule has 0 radical (unpaired) electrons. The minimum absolute atomic E-state index is 0.190. The van der Waals surface area contributed by atoms with Gasteiger partial charge in [0, 0.05) is 16.9 Å². The van der Waals surface area contributed by atoms with Gasteiger partial charge in [-0.25, -0.2) is 0 Å². The summed E-state index contributed by atoms with van der Waals surface area (Å²) in [4.78, 5) is 36.3. The number of furan rings is 1. The number of amides is 3. The number of carbonyl (C=O) groups is 3. The Labute approximate surface area is 161 Å². The minimum Gasteiger partial charge on any atom is -0.472 e. The Morgan fingerprint density at radius 1 is 0.893 bits per heavy atom. The summed E-state index contributed by atoms with van der Waals surface area (Å²) in [6.45, 7) is 1.65. The van der Waals surface area contributed by atoms with Gasteiger partial charge in [0.15, 0.2) is 0 Å². The second-order valence-electron chi connectivity index (χ2n) is 6.09. The average molecular weight is 377 g/mol. The molecule has 0 saturated carbocycles. The van der Waals surface area contributed by atoms with Crippen LogP contribution in [0, 0.1) is 6.92 Å². The molecule has 3 N–H and O–H groups in total. The van der Waals surface area contributed by atoms with Crippen molar-refractivity contribution < 1.29 is 18.8 Å². The molecule has 0 aliphatic rings. The number of benzene rings is 2. The van der Waals surface area contributed by atoms with Gasteiger partial charge in [-0.05, 0) is 42.8 Å². The zero-order chi connectivity index (χ0) is 19.9. The molecule has 0 aliphatic carbocycles. The highest BCUT2D eigenvalue weighted by Gasteiger charge is 2.11. The maximum atomic E-state index is 12.3. The largest absolute Gasteiger partial charge is 0.472 e. The van der Waals surface area contributed by atoms with Gasteiger partial charge in [-0.1, -0.05) is 24.3 Å². The highest BCUT2D eigenvalue weighted by atomic mass is 16.3. The first-order chi connectivity index (χ1) is 13.5. The molecule has 3 amide bonds. The highest BCUT2D eigenvalue weighted by Crippen LogP contribution is 2.21. The van der Waals surface area contributed by atoms with Gasteiger partial charge in [-0.15, -0.1) is 0 Å². The summed E-state index contributed by atoms with van der Waals surface area (Å²) in [5, 5.41) is 8.05. The molecule has 0 atom stereocenters. The third kappa shape index (κ3) is 4.85. The maximum Gasteiger partial charge on any atom is 0.255 e. The average Bonchev–Trinajstić information content (AvgIpc) is 3.24. The molecule has 142 valence electrons. The number of carbonyl (C=O) groups excluding carboxylic acids is 3. The first kappa shape index (κ1) is 18.9. The van der Waals surface area contributed by atoms with Gasteiger partial charge < -0.3 is 20.4 Å². The molecule has 0 unspecified atom stereocenters. The van der Waals surface area contributed by atoms with Crippen LogP contribution in [0.4, 0.5) is 11.4 Å². The van der Waals surface area contributed by atoms with E-state index >= 15 is 0 Å². The van der Waals surface area contributed by atoms with Crippen LogP contribution >= 0.6 is 0 Å². The number of rotatable bonds is 6. The van der Waals surface area contributed by atoms with Crippen LogP contribution in [0.15, 0.2) is 71.5 Å². The van der Waals surface area contributed by atoms with E-state index in [1.54, 1.807) is 42.5 Å². The molecule has 3 rings (SSSR count). The third-order valence-electron chi connectivity index (χ3n) is 4.00. The lowest BCUT2D eigenvalue weighted by Crippen LogP contribution is -2.32.